The first kappa shape index (κ1) is 18.0. The predicted octanol–water partition coefficient (Wildman–Crippen LogP) is 3.89. The van der Waals surface area contributed by atoms with Crippen molar-refractivity contribution in [2.24, 2.45) is 5.41 Å². The summed E-state index contributed by atoms with van der Waals surface area (Å²) in [6, 6.07) is 0. The molecule has 0 rings (SSSR count). The Labute approximate surface area is 107 Å². The number of hydrogen-bond acceptors (Lipinski definition) is 2. The molecule has 0 radical (unpaired) electrons. The van der Waals surface area contributed by atoms with Gasteiger partial charge in [0, 0.05) is 0 Å². The van der Waals surface area contributed by atoms with Gasteiger partial charge in [0.25, 0.3) is 0 Å². The summed E-state index contributed by atoms with van der Waals surface area (Å²) in [4.78, 5) is 11.3. The first-order chi connectivity index (χ1) is 8.35. The first-order valence-corrected chi connectivity index (χ1v) is 5.57. The van der Waals surface area contributed by atoms with Crippen LogP contribution in [0.3, 0.4) is 0 Å². The van der Waals surface area contributed by atoms with E-state index < -0.39 is 42.7 Å². The van der Waals surface area contributed by atoms with Crippen molar-refractivity contribution in [2.75, 3.05) is 6.61 Å². The molecule has 2 nitrogen and oxygen atoms in total. The lowest BCUT2D eigenvalue weighted by molar-refractivity contribution is -0.244. The topological polar surface area (TPSA) is 26.3 Å². The highest BCUT2D eigenvalue weighted by atomic mass is 19.3. The lowest BCUT2D eigenvalue weighted by Gasteiger charge is -2.27. The monoisotopic (exact) mass is 294 g/mol. The highest BCUT2D eigenvalue weighted by molar-refractivity contribution is 5.75. The van der Waals surface area contributed by atoms with Crippen LogP contribution >= 0.6 is 0 Å². The summed E-state index contributed by atoms with van der Waals surface area (Å²) in [5.74, 6) is -10.8. The normalized spacial score (nSPS) is 13.8. The molecule has 0 saturated carbocycles. The lowest BCUT2D eigenvalue weighted by atomic mass is 9.91. The van der Waals surface area contributed by atoms with E-state index in [1.807, 2.05) is 0 Å². The van der Waals surface area contributed by atoms with Crippen LogP contribution < -0.4 is 0 Å². The fourth-order valence-electron chi connectivity index (χ4n) is 0.945. The van der Waals surface area contributed by atoms with Gasteiger partial charge < -0.3 is 4.74 Å². The van der Waals surface area contributed by atoms with E-state index in [0.717, 1.165) is 0 Å². The van der Waals surface area contributed by atoms with E-state index in [9.17, 15) is 31.1 Å². The van der Waals surface area contributed by atoms with Crippen LogP contribution in [-0.4, -0.2) is 30.8 Å². The van der Waals surface area contributed by atoms with Crippen LogP contribution in [0.25, 0.3) is 0 Å². The Hall–Kier alpha value is -0.950. The van der Waals surface area contributed by atoms with E-state index in [1.165, 1.54) is 13.8 Å². The Kier molecular flexibility index (Phi) is 5.70. The van der Waals surface area contributed by atoms with Crippen LogP contribution in [0.1, 0.15) is 33.6 Å². The molecule has 0 amide bonds. The molecule has 0 fully saturated rings. The number of carbonyl (C=O) groups is 1. The summed E-state index contributed by atoms with van der Waals surface area (Å²) >= 11 is 0. The number of carbonyl (C=O) groups excluding carboxylic acids is 1. The number of alkyl halides is 6. The van der Waals surface area contributed by atoms with Crippen molar-refractivity contribution in [3.8, 4) is 0 Å². The third kappa shape index (κ3) is 4.91. The summed E-state index contributed by atoms with van der Waals surface area (Å²) in [7, 11) is 0. The van der Waals surface area contributed by atoms with Crippen molar-refractivity contribution in [1.82, 2.24) is 0 Å². The Morgan fingerprint density at radius 3 is 1.95 bits per heavy atom. The van der Waals surface area contributed by atoms with E-state index in [0.29, 0.717) is 0 Å². The van der Waals surface area contributed by atoms with E-state index in [1.54, 1.807) is 6.92 Å². The highest BCUT2D eigenvalue weighted by Crippen LogP contribution is 2.39. The second-order valence-corrected chi connectivity index (χ2v) is 4.82. The average Bonchev–Trinajstić information content (AvgIpc) is 2.23. The van der Waals surface area contributed by atoms with Crippen molar-refractivity contribution in [3.05, 3.63) is 0 Å². The van der Waals surface area contributed by atoms with Crippen LogP contribution in [0.15, 0.2) is 0 Å². The molecule has 0 aromatic rings. The molecule has 0 saturated heterocycles. The second-order valence-electron chi connectivity index (χ2n) is 4.82. The molecule has 0 bridgehead atoms. The number of esters is 1. The Morgan fingerprint density at radius 2 is 1.58 bits per heavy atom. The molecular weight excluding hydrogens is 278 g/mol. The van der Waals surface area contributed by atoms with Gasteiger partial charge in [0.1, 0.15) is 0 Å². The molecule has 0 heterocycles. The molecule has 0 unspecified atom stereocenters. The Bertz CT molecular complexity index is 314. The van der Waals surface area contributed by atoms with Crippen LogP contribution in [0.5, 0.6) is 0 Å². The number of rotatable bonds is 7. The maximum Gasteiger partial charge on any atom is 0.343 e. The Balaban J connectivity index is 4.66. The van der Waals surface area contributed by atoms with E-state index in [4.69, 9.17) is 0 Å². The van der Waals surface area contributed by atoms with E-state index in [2.05, 4.69) is 4.74 Å². The van der Waals surface area contributed by atoms with Crippen LogP contribution in [-0.2, 0) is 9.53 Å². The van der Waals surface area contributed by atoms with Crippen molar-refractivity contribution in [2.45, 2.75) is 51.9 Å². The predicted molar refractivity (Wildman–Crippen MR) is 55.5 cm³/mol. The van der Waals surface area contributed by atoms with Crippen molar-refractivity contribution in [1.29, 1.82) is 0 Å². The lowest BCUT2D eigenvalue weighted by Crippen LogP contribution is -2.46. The summed E-state index contributed by atoms with van der Waals surface area (Å²) < 4.78 is 79.5. The van der Waals surface area contributed by atoms with Gasteiger partial charge in [-0.2, -0.15) is 17.6 Å². The van der Waals surface area contributed by atoms with Gasteiger partial charge in [0.15, 0.2) is 6.61 Å². The SMILES string of the molecule is CCC(C)(C)C(=O)OCC(F)(F)C(F)(F)CC(F)F. The Morgan fingerprint density at radius 1 is 1.11 bits per heavy atom. The molecule has 0 aromatic carbocycles. The molecule has 0 atom stereocenters. The van der Waals surface area contributed by atoms with Gasteiger partial charge in [-0.25, -0.2) is 8.78 Å². The van der Waals surface area contributed by atoms with Gasteiger partial charge in [-0.05, 0) is 20.3 Å². The van der Waals surface area contributed by atoms with Crippen molar-refractivity contribution in [3.63, 3.8) is 0 Å². The van der Waals surface area contributed by atoms with Gasteiger partial charge in [-0.15, -0.1) is 0 Å². The zero-order valence-corrected chi connectivity index (χ0v) is 10.8. The molecule has 114 valence electrons. The van der Waals surface area contributed by atoms with Crippen molar-refractivity contribution >= 4 is 5.97 Å². The van der Waals surface area contributed by atoms with Gasteiger partial charge in [-0.3, -0.25) is 4.79 Å². The fraction of sp³-hybridized carbons (Fsp3) is 0.909. The maximum absolute atomic E-state index is 13.1. The van der Waals surface area contributed by atoms with Gasteiger partial charge in [-0.1, -0.05) is 6.92 Å². The number of halogens is 6. The summed E-state index contributed by atoms with van der Waals surface area (Å²) in [6.07, 6.45) is -5.61. The fourth-order valence-corrected chi connectivity index (χ4v) is 0.945. The smallest absolute Gasteiger partial charge is 0.343 e. The molecule has 19 heavy (non-hydrogen) atoms. The molecule has 0 N–H and O–H groups in total. The number of ether oxygens (including phenoxy) is 1. The largest absolute Gasteiger partial charge is 0.459 e. The van der Waals surface area contributed by atoms with Gasteiger partial charge in [0.2, 0.25) is 6.43 Å². The molecule has 0 aliphatic rings. The molecule has 0 spiro atoms. The summed E-state index contributed by atoms with van der Waals surface area (Å²) in [6.45, 7) is 2.45. The number of hydrogen-bond donors (Lipinski definition) is 0. The maximum atomic E-state index is 13.1. The minimum atomic E-state index is -4.93. The second kappa shape index (κ2) is 6.00. The van der Waals surface area contributed by atoms with Crippen LogP contribution in [0, 0.1) is 5.41 Å². The standard InChI is InChI=1S/C11H16F6O2/c1-4-9(2,3)8(18)19-6-11(16,17)10(14,15)5-7(12)13/h7H,4-6H2,1-3H3. The van der Waals surface area contributed by atoms with E-state index >= 15 is 0 Å². The minimum absolute atomic E-state index is 0.255. The molecular formula is C11H16F6O2. The third-order valence-electron chi connectivity index (χ3n) is 2.77. The minimum Gasteiger partial charge on any atom is -0.459 e. The zero-order valence-electron chi connectivity index (χ0n) is 10.8. The average molecular weight is 294 g/mol. The molecule has 0 aliphatic carbocycles. The van der Waals surface area contributed by atoms with Crippen LogP contribution in [0.2, 0.25) is 0 Å². The van der Waals surface area contributed by atoms with E-state index in [-0.39, 0.29) is 6.42 Å². The summed E-state index contributed by atoms with van der Waals surface area (Å²) in [5.41, 5.74) is -1.10. The quantitative estimate of drug-likeness (QED) is 0.526. The zero-order chi connectivity index (χ0) is 15.5. The third-order valence-corrected chi connectivity index (χ3v) is 2.77. The highest BCUT2D eigenvalue weighted by Gasteiger charge is 2.58. The van der Waals surface area contributed by atoms with Gasteiger partial charge in [0.05, 0.1) is 11.8 Å². The van der Waals surface area contributed by atoms with Crippen molar-refractivity contribution < 1.29 is 35.9 Å². The molecule has 0 aromatic heterocycles. The molecule has 8 heteroatoms. The van der Waals surface area contributed by atoms with Crippen LogP contribution in [0.4, 0.5) is 26.3 Å². The summed E-state index contributed by atoms with van der Waals surface area (Å²) in [5, 5.41) is 0. The first-order valence-electron chi connectivity index (χ1n) is 5.57. The molecule has 0 aliphatic heterocycles. The van der Waals surface area contributed by atoms with Gasteiger partial charge >= 0.3 is 17.8 Å².